The topological polar surface area (TPSA) is 78.4 Å². The Bertz CT molecular complexity index is 501. The van der Waals surface area contributed by atoms with Crippen LogP contribution in [-0.4, -0.2) is 35.2 Å². The van der Waals surface area contributed by atoms with E-state index in [2.05, 4.69) is 10.6 Å². The number of thioether (sulfide) groups is 1. The number of aliphatic carboxylic acids is 1. The molecule has 0 atom stereocenters. The van der Waals surface area contributed by atoms with Crippen LogP contribution in [0.1, 0.15) is 18.4 Å². The predicted molar refractivity (Wildman–Crippen MR) is 84.9 cm³/mol. The van der Waals surface area contributed by atoms with Gasteiger partial charge in [-0.3, -0.25) is 4.79 Å². The van der Waals surface area contributed by atoms with E-state index in [0.717, 1.165) is 24.3 Å². The number of carbonyl (C=O) groups excluding carboxylic acids is 1. The normalized spacial score (nSPS) is 15.4. The van der Waals surface area contributed by atoms with E-state index in [1.54, 1.807) is 24.3 Å². The van der Waals surface area contributed by atoms with E-state index in [0.29, 0.717) is 23.7 Å². The van der Waals surface area contributed by atoms with Crippen molar-refractivity contribution >= 4 is 29.4 Å². The Labute approximate surface area is 128 Å². The molecule has 0 spiro atoms. The summed E-state index contributed by atoms with van der Waals surface area (Å²) >= 11 is 1.96. The molecular formula is C15H20N2O3S. The summed E-state index contributed by atoms with van der Waals surface area (Å²) < 4.78 is 0. The fourth-order valence-electron chi connectivity index (χ4n) is 2.31. The van der Waals surface area contributed by atoms with Gasteiger partial charge >= 0.3 is 12.0 Å². The summed E-state index contributed by atoms with van der Waals surface area (Å²) in [5, 5.41) is 14.5. The van der Waals surface area contributed by atoms with Crippen LogP contribution in [0.25, 0.3) is 0 Å². The van der Waals surface area contributed by atoms with E-state index in [4.69, 9.17) is 5.11 Å². The minimum absolute atomic E-state index is 0.101. The van der Waals surface area contributed by atoms with Crippen LogP contribution in [0.3, 0.4) is 0 Å². The third-order valence-corrected chi connectivity index (χ3v) is 4.55. The second-order valence-electron chi connectivity index (χ2n) is 5.12. The van der Waals surface area contributed by atoms with Gasteiger partial charge in [-0.25, -0.2) is 4.79 Å². The van der Waals surface area contributed by atoms with Gasteiger partial charge in [-0.15, -0.1) is 0 Å². The fraction of sp³-hybridized carbons (Fsp3) is 0.467. The van der Waals surface area contributed by atoms with Crippen LogP contribution in [0.4, 0.5) is 10.5 Å². The van der Waals surface area contributed by atoms with Gasteiger partial charge in [0.05, 0.1) is 6.42 Å². The molecule has 1 heterocycles. The van der Waals surface area contributed by atoms with E-state index in [1.165, 1.54) is 0 Å². The summed E-state index contributed by atoms with van der Waals surface area (Å²) in [4.78, 5) is 22.7. The number of urea groups is 1. The van der Waals surface area contributed by atoms with Gasteiger partial charge in [0.2, 0.25) is 0 Å². The van der Waals surface area contributed by atoms with E-state index in [1.807, 2.05) is 11.8 Å². The molecule has 3 N–H and O–H groups in total. The molecule has 0 radical (unpaired) electrons. The molecular weight excluding hydrogens is 288 g/mol. The molecule has 21 heavy (non-hydrogen) atoms. The van der Waals surface area contributed by atoms with Crippen LogP contribution in [0.15, 0.2) is 24.3 Å². The van der Waals surface area contributed by atoms with Crippen molar-refractivity contribution in [2.75, 3.05) is 23.4 Å². The van der Waals surface area contributed by atoms with Gasteiger partial charge < -0.3 is 15.7 Å². The molecule has 5 nitrogen and oxygen atoms in total. The molecule has 6 heteroatoms. The number of benzene rings is 1. The number of para-hydroxylation sites is 1. The molecule has 1 fully saturated rings. The summed E-state index contributed by atoms with van der Waals surface area (Å²) in [6.07, 6.45) is 2.18. The standard InChI is InChI=1S/C15H20N2O3S/c18-14(19)9-12-3-1-2-4-13(12)17-15(20)16-10-11-5-7-21-8-6-11/h1-4,11H,5-10H2,(H,18,19)(H2,16,17,20). The van der Waals surface area contributed by atoms with Gasteiger partial charge in [0.15, 0.2) is 0 Å². The zero-order valence-electron chi connectivity index (χ0n) is 11.8. The lowest BCUT2D eigenvalue weighted by Gasteiger charge is -2.21. The first-order chi connectivity index (χ1) is 10.1. The average Bonchev–Trinajstić information content (AvgIpc) is 2.48. The summed E-state index contributed by atoms with van der Waals surface area (Å²) in [6.45, 7) is 0.674. The summed E-state index contributed by atoms with van der Waals surface area (Å²) in [5.41, 5.74) is 1.16. The number of anilines is 1. The lowest BCUT2D eigenvalue weighted by molar-refractivity contribution is -0.136. The fourth-order valence-corrected chi connectivity index (χ4v) is 3.52. The first kappa shape index (κ1) is 15.7. The Balaban J connectivity index is 1.85. The number of amides is 2. The first-order valence-electron chi connectivity index (χ1n) is 7.07. The van der Waals surface area contributed by atoms with Gasteiger partial charge in [-0.2, -0.15) is 11.8 Å². The Morgan fingerprint density at radius 2 is 1.95 bits per heavy atom. The Kier molecular flexibility index (Phi) is 5.92. The van der Waals surface area contributed by atoms with Crippen molar-refractivity contribution < 1.29 is 14.7 Å². The van der Waals surface area contributed by atoms with Crippen LogP contribution >= 0.6 is 11.8 Å². The predicted octanol–water partition coefficient (Wildman–Crippen LogP) is 2.58. The van der Waals surface area contributed by atoms with Gasteiger partial charge in [0.25, 0.3) is 0 Å². The monoisotopic (exact) mass is 308 g/mol. The van der Waals surface area contributed by atoms with Gasteiger partial charge in [0, 0.05) is 12.2 Å². The van der Waals surface area contributed by atoms with Gasteiger partial charge in [-0.1, -0.05) is 18.2 Å². The number of rotatable bonds is 5. The average molecular weight is 308 g/mol. The highest BCUT2D eigenvalue weighted by Crippen LogP contribution is 2.22. The quantitative estimate of drug-likeness (QED) is 0.781. The number of hydrogen-bond acceptors (Lipinski definition) is 3. The van der Waals surface area contributed by atoms with E-state index in [9.17, 15) is 9.59 Å². The minimum atomic E-state index is -0.913. The maximum atomic E-state index is 11.9. The molecule has 2 rings (SSSR count). The highest BCUT2D eigenvalue weighted by atomic mass is 32.2. The highest BCUT2D eigenvalue weighted by molar-refractivity contribution is 7.99. The zero-order valence-corrected chi connectivity index (χ0v) is 12.6. The Morgan fingerprint density at radius 1 is 1.24 bits per heavy atom. The Hall–Kier alpha value is -1.69. The lowest BCUT2D eigenvalue weighted by Crippen LogP contribution is -2.34. The number of carboxylic acid groups (broad SMARTS) is 1. The first-order valence-corrected chi connectivity index (χ1v) is 8.23. The van der Waals surface area contributed by atoms with Crippen molar-refractivity contribution in [2.45, 2.75) is 19.3 Å². The summed E-state index contributed by atoms with van der Waals surface area (Å²) in [7, 11) is 0. The molecule has 114 valence electrons. The lowest BCUT2D eigenvalue weighted by atomic mass is 10.0. The molecule has 1 saturated heterocycles. The van der Waals surface area contributed by atoms with E-state index in [-0.39, 0.29) is 12.5 Å². The molecule has 1 aromatic rings. The SMILES string of the molecule is O=C(O)Cc1ccccc1NC(=O)NCC1CCSCC1. The summed E-state index contributed by atoms with van der Waals surface area (Å²) in [5.74, 6) is 1.96. The Morgan fingerprint density at radius 3 is 2.67 bits per heavy atom. The number of carbonyl (C=O) groups is 2. The third kappa shape index (κ3) is 5.30. The number of carboxylic acids is 1. The molecule has 0 saturated carbocycles. The van der Waals surface area contributed by atoms with Crippen LogP contribution in [-0.2, 0) is 11.2 Å². The van der Waals surface area contributed by atoms with E-state index >= 15 is 0 Å². The minimum Gasteiger partial charge on any atom is -0.481 e. The maximum Gasteiger partial charge on any atom is 0.319 e. The zero-order chi connectivity index (χ0) is 15.1. The van der Waals surface area contributed by atoms with Crippen LogP contribution < -0.4 is 10.6 Å². The van der Waals surface area contributed by atoms with Crippen molar-refractivity contribution in [3.8, 4) is 0 Å². The van der Waals surface area contributed by atoms with Crippen molar-refractivity contribution in [2.24, 2.45) is 5.92 Å². The second-order valence-corrected chi connectivity index (χ2v) is 6.34. The largest absolute Gasteiger partial charge is 0.481 e. The second kappa shape index (κ2) is 7.93. The highest BCUT2D eigenvalue weighted by Gasteiger charge is 2.15. The van der Waals surface area contributed by atoms with Crippen molar-refractivity contribution in [3.05, 3.63) is 29.8 Å². The third-order valence-electron chi connectivity index (χ3n) is 3.50. The van der Waals surface area contributed by atoms with Crippen molar-refractivity contribution in [1.29, 1.82) is 0 Å². The molecule has 2 amide bonds. The van der Waals surface area contributed by atoms with Crippen molar-refractivity contribution in [3.63, 3.8) is 0 Å². The van der Waals surface area contributed by atoms with Gasteiger partial charge in [0.1, 0.15) is 0 Å². The van der Waals surface area contributed by atoms with Crippen molar-refractivity contribution in [1.82, 2.24) is 5.32 Å². The maximum absolute atomic E-state index is 11.9. The molecule has 1 aliphatic rings. The van der Waals surface area contributed by atoms with Crippen LogP contribution in [0.5, 0.6) is 0 Å². The smallest absolute Gasteiger partial charge is 0.319 e. The molecule has 1 aliphatic heterocycles. The van der Waals surface area contributed by atoms with Crippen LogP contribution in [0.2, 0.25) is 0 Å². The molecule has 0 bridgehead atoms. The number of nitrogens with one attached hydrogen (secondary N) is 2. The summed E-state index contributed by atoms with van der Waals surface area (Å²) in [6, 6.07) is 6.70. The number of hydrogen-bond donors (Lipinski definition) is 3. The molecule has 0 aliphatic carbocycles. The molecule has 1 aromatic carbocycles. The van der Waals surface area contributed by atoms with E-state index < -0.39 is 5.97 Å². The van der Waals surface area contributed by atoms with Crippen LogP contribution in [0, 0.1) is 5.92 Å². The molecule has 0 unspecified atom stereocenters. The molecule has 0 aromatic heterocycles. The van der Waals surface area contributed by atoms with Gasteiger partial charge in [-0.05, 0) is 41.9 Å².